The molecule has 0 saturated carbocycles. The van der Waals surface area contributed by atoms with Crippen molar-refractivity contribution in [2.75, 3.05) is 0 Å². The van der Waals surface area contributed by atoms with E-state index >= 15 is 0 Å². The van der Waals surface area contributed by atoms with Gasteiger partial charge in [-0.05, 0) is 12.5 Å². The first-order chi connectivity index (χ1) is 10.2. The van der Waals surface area contributed by atoms with Crippen LogP contribution in [0.1, 0.15) is 77.6 Å². The number of primary amides is 1. The monoisotopic (exact) mass is 292 g/mol. The maximum atomic E-state index is 11.0. The molecule has 3 nitrogen and oxygen atoms in total. The molecule has 0 radical (unpaired) electrons. The van der Waals surface area contributed by atoms with E-state index in [-0.39, 0.29) is 5.91 Å². The lowest BCUT2D eigenvalue weighted by atomic mass is 10.0. The Morgan fingerprint density at radius 1 is 1.05 bits per heavy atom. The van der Waals surface area contributed by atoms with E-state index < -0.39 is 0 Å². The third-order valence-corrected chi connectivity index (χ3v) is 4.11. The number of unbranched alkanes of at least 4 members (excludes halogenated alkanes) is 9. The fourth-order valence-electron chi connectivity index (χ4n) is 2.70. The van der Waals surface area contributed by atoms with E-state index in [1.807, 2.05) is 12.2 Å². The molecule has 0 saturated heterocycles. The molecule has 3 heteroatoms. The molecular formula is C18H32N2O. The normalized spacial score (nSPS) is 17.4. The largest absolute Gasteiger partial charge is 0.384 e. The molecule has 0 bridgehead atoms. The number of dihydropyridines is 1. The topological polar surface area (TPSA) is 55.1 Å². The molecule has 0 spiro atoms. The van der Waals surface area contributed by atoms with Crippen molar-refractivity contribution in [2.45, 2.75) is 83.6 Å². The van der Waals surface area contributed by atoms with Crippen LogP contribution < -0.4 is 11.1 Å². The molecule has 1 atom stereocenters. The first-order valence-electron chi connectivity index (χ1n) is 8.68. The fraction of sp³-hybridized carbons (Fsp3) is 0.722. The summed E-state index contributed by atoms with van der Waals surface area (Å²) in [5.41, 5.74) is 5.78. The zero-order valence-corrected chi connectivity index (χ0v) is 13.6. The van der Waals surface area contributed by atoms with E-state index in [9.17, 15) is 4.79 Å². The van der Waals surface area contributed by atoms with Crippen LogP contribution in [0.15, 0.2) is 23.9 Å². The van der Waals surface area contributed by atoms with Gasteiger partial charge in [0.05, 0.1) is 5.57 Å². The lowest BCUT2D eigenvalue weighted by Crippen LogP contribution is -2.27. The summed E-state index contributed by atoms with van der Waals surface area (Å²) < 4.78 is 0. The quantitative estimate of drug-likeness (QED) is 0.530. The Hall–Kier alpha value is -1.25. The summed E-state index contributed by atoms with van der Waals surface area (Å²) in [6, 6.07) is 0.363. The average molecular weight is 292 g/mol. The van der Waals surface area contributed by atoms with Crippen molar-refractivity contribution in [2.24, 2.45) is 5.73 Å². The van der Waals surface area contributed by atoms with E-state index in [1.54, 1.807) is 6.20 Å². The van der Waals surface area contributed by atoms with Gasteiger partial charge >= 0.3 is 0 Å². The van der Waals surface area contributed by atoms with Crippen LogP contribution in [0, 0.1) is 0 Å². The number of hydrogen-bond donors (Lipinski definition) is 2. The summed E-state index contributed by atoms with van der Waals surface area (Å²) in [5, 5.41) is 3.23. The van der Waals surface area contributed by atoms with Gasteiger partial charge in [-0.3, -0.25) is 4.79 Å². The molecule has 21 heavy (non-hydrogen) atoms. The molecular weight excluding hydrogens is 260 g/mol. The number of nitrogens with one attached hydrogen (secondary N) is 1. The van der Waals surface area contributed by atoms with Crippen LogP contribution >= 0.6 is 0 Å². The van der Waals surface area contributed by atoms with Crippen LogP contribution in [0.2, 0.25) is 0 Å². The Morgan fingerprint density at radius 3 is 2.10 bits per heavy atom. The minimum absolute atomic E-state index is 0.363. The second-order valence-electron chi connectivity index (χ2n) is 6.07. The Kier molecular flexibility index (Phi) is 9.68. The van der Waals surface area contributed by atoms with Gasteiger partial charge in [0.2, 0.25) is 5.91 Å². The maximum absolute atomic E-state index is 11.0. The molecule has 120 valence electrons. The van der Waals surface area contributed by atoms with Gasteiger partial charge in [0, 0.05) is 12.2 Å². The molecule has 1 unspecified atom stereocenters. The number of carbonyl (C=O) groups is 1. The molecule has 0 fully saturated rings. The van der Waals surface area contributed by atoms with E-state index in [0.29, 0.717) is 11.6 Å². The highest BCUT2D eigenvalue weighted by Crippen LogP contribution is 2.13. The van der Waals surface area contributed by atoms with Gasteiger partial charge in [0.1, 0.15) is 0 Å². The SMILES string of the molecule is CCCCCCCCCCCCC1C=CC(C(N)=O)=CN1. The Bertz CT molecular complexity index is 347. The maximum Gasteiger partial charge on any atom is 0.250 e. The first-order valence-corrected chi connectivity index (χ1v) is 8.68. The standard InChI is InChI=1S/C18H32N2O/c1-2-3-4-5-6-7-8-9-10-11-12-17-14-13-16(15-20-17)18(19)21/h13-15,17,20H,2-12H2,1H3,(H2,19,21). The molecule has 0 aromatic rings. The summed E-state index contributed by atoms with van der Waals surface area (Å²) in [6.07, 6.45) is 20.4. The molecule has 1 aliphatic heterocycles. The van der Waals surface area contributed by atoms with Crippen LogP contribution in [0.3, 0.4) is 0 Å². The summed E-state index contributed by atoms with van der Waals surface area (Å²) in [4.78, 5) is 11.0. The van der Waals surface area contributed by atoms with Gasteiger partial charge in [-0.15, -0.1) is 0 Å². The third-order valence-electron chi connectivity index (χ3n) is 4.11. The van der Waals surface area contributed by atoms with Crippen LogP contribution in [-0.2, 0) is 4.79 Å². The summed E-state index contributed by atoms with van der Waals surface area (Å²) in [6.45, 7) is 2.26. The van der Waals surface area contributed by atoms with Crippen molar-refractivity contribution in [3.05, 3.63) is 23.9 Å². The van der Waals surface area contributed by atoms with Gasteiger partial charge in [0.25, 0.3) is 0 Å². The van der Waals surface area contributed by atoms with Gasteiger partial charge in [0.15, 0.2) is 0 Å². The van der Waals surface area contributed by atoms with E-state index in [2.05, 4.69) is 12.2 Å². The zero-order chi connectivity index (χ0) is 15.3. The van der Waals surface area contributed by atoms with Crippen LogP contribution in [0.25, 0.3) is 0 Å². The van der Waals surface area contributed by atoms with Gasteiger partial charge in [-0.1, -0.05) is 77.2 Å². The number of carbonyl (C=O) groups excluding carboxylic acids is 1. The second kappa shape index (κ2) is 11.4. The Labute approximate surface area is 130 Å². The molecule has 1 heterocycles. The molecule has 0 aromatic carbocycles. The first kappa shape index (κ1) is 17.8. The lowest BCUT2D eigenvalue weighted by molar-refractivity contribution is -0.114. The van der Waals surface area contributed by atoms with Crippen LogP contribution in [0.5, 0.6) is 0 Å². The summed E-state index contributed by atoms with van der Waals surface area (Å²) in [5.74, 6) is -0.365. The smallest absolute Gasteiger partial charge is 0.250 e. The van der Waals surface area contributed by atoms with Crippen molar-refractivity contribution in [1.82, 2.24) is 5.32 Å². The summed E-state index contributed by atoms with van der Waals surface area (Å²) >= 11 is 0. The minimum atomic E-state index is -0.365. The lowest BCUT2D eigenvalue weighted by Gasteiger charge is -2.17. The fourth-order valence-corrected chi connectivity index (χ4v) is 2.70. The van der Waals surface area contributed by atoms with Gasteiger partial charge in [-0.25, -0.2) is 0 Å². The van der Waals surface area contributed by atoms with Gasteiger partial charge in [-0.2, -0.15) is 0 Å². The zero-order valence-electron chi connectivity index (χ0n) is 13.6. The Balaban J connectivity index is 1.90. The number of hydrogen-bond acceptors (Lipinski definition) is 2. The molecule has 1 aliphatic rings. The predicted molar refractivity (Wildman–Crippen MR) is 89.8 cm³/mol. The number of rotatable bonds is 12. The van der Waals surface area contributed by atoms with Gasteiger partial charge < -0.3 is 11.1 Å². The number of nitrogens with two attached hydrogens (primary N) is 1. The van der Waals surface area contributed by atoms with E-state index in [0.717, 1.165) is 6.42 Å². The minimum Gasteiger partial charge on any atom is -0.384 e. The van der Waals surface area contributed by atoms with E-state index in [1.165, 1.54) is 64.2 Å². The number of amides is 1. The van der Waals surface area contributed by atoms with Crippen molar-refractivity contribution >= 4 is 5.91 Å². The average Bonchev–Trinajstić information content (AvgIpc) is 2.49. The van der Waals surface area contributed by atoms with Crippen molar-refractivity contribution in [3.63, 3.8) is 0 Å². The van der Waals surface area contributed by atoms with E-state index in [4.69, 9.17) is 5.73 Å². The predicted octanol–water partition coefficient (Wildman–Crippen LogP) is 4.19. The molecule has 0 aliphatic carbocycles. The second-order valence-corrected chi connectivity index (χ2v) is 6.07. The highest BCUT2D eigenvalue weighted by atomic mass is 16.1. The van der Waals surface area contributed by atoms with Crippen LogP contribution in [-0.4, -0.2) is 11.9 Å². The van der Waals surface area contributed by atoms with Crippen molar-refractivity contribution in [3.8, 4) is 0 Å². The van der Waals surface area contributed by atoms with Crippen molar-refractivity contribution < 1.29 is 4.79 Å². The molecule has 3 N–H and O–H groups in total. The summed E-state index contributed by atoms with van der Waals surface area (Å²) in [7, 11) is 0. The molecule has 1 amide bonds. The van der Waals surface area contributed by atoms with Crippen LogP contribution in [0.4, 0.5) is 0 Å². The van der Waals surface area contributed by atoms with Crippen molar-refractivity contribution in [1.29, 1.82) is 0 Å². The third kappa shape index (κ3) is 8.59. The highest BCUT2D eigenvalue weighted by molar-refractivity contribution is 5.94. The Morgan fingerprint density at radius 2 is 1.62 bits per heavy atom. The molecule has 0 aromatic heterocycles. The highest BCUT2D eigenvalue weighted by Gasteiger charge is 2.09. The molecule has 1 rings (SSSR count).